The Morgan fingerprint density at radius 1 is 1.19 bits per heavy atom. The number of pyridine rings is 1. The Kier molecular flexibility index (Phi) is 4.11. The summed E-state index contributed by atoms with van der Waals surface area (Å²) in [4.78, 5) is 28.0. The molecule has 1 aromatic carbocycles. The number of amides is 1. The number of nitrogens with two attached hydrogens (primary N) is 1. The Bertz CT molecular complexity index is 1030. The van der Waals surface area contributed by atoms with Crippen LogP contribution in [0.2, 0.25) is 0 Å². The number of fused-ring (bicyclic) bond motifs is 1. The molecule has 4 rings (SSSR count). The molecule has 1 aliphatic heterocycles. The van der Waals surface area contributed by atoms with E-state index in [-0.39, 0.29) is 17.9 Å². The lowest BCUT2D eigenvalue weighted by molar-refractivity contribution is 0.0703. The third-order valence-electron chi connectivity index (χ3n) is 4.96. The first-order valence-corrected chi connectivity index (χ1v) is 8.91. The molecule has 27 heavy (non-hydrogen) atoms. The molecule has 0 fully saturated rings. The van der Waals surface area contributed by atoms with Gasteiger partial charge >= 0.3 is 0 Å². The number of carbonyl (C=O) groups is 1. The molecular weight excluding hydrogens is 338 g/mol. The predicted molar refractivity (Wildman–Crippen MR) is 104 cm³/mol. The first-order chi connectivity index (χ1) is 12.9. The molecule has 3 heterocycles. The maximum Gasteiger partial charge on any atom is 0.256 e. The zero-order chi connectivity index (χ0) is 19.1. The van der Waals surface area contributed by atoms with Crippen LogP contribution >= 0.6 is 0 Å². The largest absolute Gasteiger partial charge is 0.368 e. The van der Waals surface area contributed by atoms with E-state index in [4.69, 9.17) is 5.73 Å². The van der Waals surface area contributed by atoms with Crippen molar-refractivity contribution >= 4 is 11.9 Å². The first-order valence-electron chi connectivity index (χ1n) is 8.91. The van der Waals surface area contributed by atoms with Crippen molar-refractivity contribution in [2.24, 2.45) is 0 Å². The van der Waals surface area contributed by atoms with Crippen molar-refractivity contribution in [2.75, 3.05) is 5.73 Å². The summed E-state index contributed by atoms with van der Waals surface area (Å²) >= 11 is 0. The lowest BCUT2D eigenvalue weighted by atomic mass is 10.0. The minimum atomic E-state index is -0.178. The highest BCUT2D eigenvalue weighted by molar-refractivity contribution is 5.94. The maximum atomic E-state index is 13.0. The summed E-state index contributed by atoms with van der Waals surface area (Å²) in [6, 6.07) is 11.6. The molecule has 3 aromatic rings. The Morgan fingerprint density at radius 2 is 2.00 bits per heavy atom. The minimum absolute atomic E-state index is 0.0678. The molecular formula is C21H21N5O. The number of carbonyl (C=O) groups excluding carboxylic acids is 1. The monoisotopic (exact) mass is 359 g/mol. The van der Waals surface area contributed by atoms with Gasteiger partial charge in [0.2, 0.25) is 5.95 Å². The second-order valence-corrected chi connectivity index (χ2v) is 6.96. The van der Waals surface area contributed by atoms with Gasteiger partial charge in [-0.2, -0.15) is 0 Å². The summed E-state index contributed by atoms with van der Waals surface area (Å²) in [5.74, 6) is 0.158. The molecule has 0 spiro atoms. The lowest BCUT2D eigenvalue weighted by Crippen LogP contribution is -2.28. The average Bonchev–Trinajstić information content (AvgIpc) is 2.98. The Morgan fingerprint density at radius 3 is 2.70 bits per heavy atom. The van der Waals surface area contributed by atoms with Crippen LogP contribution in [0, 0.1) is 13.8 Å². The van der Waals surface area contributed by atoms with Crippen LogP contribution in [0.25, 0.3) is 11.3 Å². The molecule has 1 atom stereocenters. The van der Waals surface area contributed by atoms with Gasteiger partial charge in [0.05, 0.1) is 29.5 Å². The number of rotatable bonds is 2. The Balaban J connectivity index is 1.75. The van der Waals surface area contributed by atoms with Crippen LogP contribution in [0.1, 0.15) is 45.8 Å². The van der Waals surface area contributed by atoms with E-state index < -0.39 is 0 Å². The molecule has 0 saturated heterocycles. The van der Waals surface area contributed by atoms with E-state index in [0.29, 0.717) is 12.1 Å². The van der Waals surface area contributed by atoms with Gasteiger partial charge < -0.3 is 10.6 Å². The van der Waals surface area contributed by atoms with Crippen molar-refractivity contribution in [3.8, 4) is 11.3 Å². The van der Waals surface area contributed by atoms with E-state index in [1.54, 1.807) is 11.1 Å². The second-order valence-electron chi connectivity index (χ2n) is 6.96. The number of nitrogen functional groups attached to an aromatic ring is 1. The summed E-state index contributed by atoms with van der Waals surface area (Å²) in [7, 11) is 0. The van der Waals surface area contributed by atoms with Gasteiger partial charge in [0.25, 0.3) is 5.91 Å². The zero-order valence-electron chi connectivity index (χ0n) is 15.6. The standard InChI is InChI=1S/C21H21N5O/c1-12-5-4-6-15(9-12)19-17-11-26(14(3)18(17)24-21(22)25-19)20(27)16-8-7-13(2)23-10-16/h4-10,14H,11H2,1-3H3,(H2,22,24,25). The van der Waals surface area contributed by atoms with Crippen LogP contribution in [0.15, 0.2) is 42.6 Å². The van der Waals surface area contributed by atoms with E-state index in [1.165, 1.54) is 0 Å². The molecule has 136 valence electrons. The molecule has 1 unspecified atom stereocenters. The molecule has 1 aliphatic rings. The summed E-state index contributed by atoms with van der Waals surface area (Å²) in [6.45, 7) is 6.36. The predicted octanol–water partition coefficient (Wildman–Crippen LogP) is 3.45. The van der Waals surface area contributed by atoms with Crippen LogP contribution in [-0.2, 0) is 6.54 Å². The van der Waals surface area contributed by atoms with Crippen molar-refractivity contribution in [2.45, 2.75) is 33.4 Å². The third-order valence-corrected chi connectivity index (χ3v) is 4.96. The van der Waals surface area contributed by atoms with Crippen molar-refractivity contribution in [3.63, 3.8) is 0 Å². The highest BCUT2D eigenvalue weighted by Crippen LogP contribution is 2.38. The molecule has 2 aromatic heterocycles. The molecule has 0 bridgehead atoms. The quantitative estimate of drug-likeness (QED) is 0.757. The van der Waals surface area contributed by atoms with Crippen LogP contribution in [-0.4, -0.2) is 25.8 Å². The Hall–Kier alpha value is -3.28. The van der Waals surface area contributed by atoms with Gasteiger partial charge in [-0.25, -0.2) is 9.97 Å². The maximum absolute atomic E-state index is 13.0. The van der Waals surface area contributed by atoms with Crippen LogP contribution in [0.4, 0.5) is 5.95 Å². The summed E-state index contributed by atoms with van der Waals surface area (Å²) in [6.07, 6.45) is 1.62. The summed E-state index contributed by atoms with van der Waals surface area (Å²) < 4.78 is 0. The van der Waals surface area contributed by atoms with Gasteiger partial charge in [-0.3, -0.25) is 9.78 Å². The third kappa shape index (κ3) is 3.03. The second kappa shape index (κ2) is 6.46. The molecule has 2 N–H and O–H groups in total. The number of benzene rings is 1. The van der Waals surface area contributed by atoms with Crippen LogP contribution in [0.3, 0.4) is 0 Å². The van der Waals surface area contributed by atoms with Gasteiger partial charge in [-0.1, -0.05) is 23.8 Å². The van der Waals surface area contributed by atoms with Crippen LogP contribution in [0.5, 0.6) is 0 Å². The fraction of sp³-hybridized carbons (Fsp3) is 0.238. The Labute approximate surface area is 158 Å². The summed E-state index contributed by atoms with van der Waals surface area (Å²) in [5.41, 5.74) is 12.1. The minimum Gasteiger partial charge on any atom is -0.368 e. The molecule has 0 radical (unpaired) electrons. The van der Waals surface area contributed by atoms with E-state index in [2.05, 4.69) is 21.0 Å². The van der Waals surface area contributed by atoms with Gasteiger partial charge in [0.15, 0.2) is 0 Å². The zero-order valence-corrected chi connectivity index (χ0v) is 15.6. The first kappa shape index (κ1) is 17.1. The van der Waals surface area contributed by atoms with Gasteiger partial charge in [0, 0.05) is 23.0 Å². The normalized spacial score (nSPS) is 15.7. The number of aromatic nitrogens is 3. The van der Waals surface area contributed by atoms with E-state index in [0.717, 1.165) is 33.8 Å². The average molecular weight is 359 g/mol. The van der Waals surface area contributed by atoms with Gasteiger partial charge in [-0.05, 0) is 39.0 Å². The van der Waals surface area contributed by atoms with E-state index in [1.807, 2.05) is 51.1 Å². The number of anilines is 1. The van der Waals surface area contributed by atoms with Crippen molar-refractivity contribution in [1.29, 1.82) is 0 Å². The topological polar surface area (TPSA) is 85.0 Å². The number of hydrogen-bond donors (Lipinski definition) is 1. The fourth-order valence-electron chi connectivity index (χ4n) is 3.51. The SMILES string of the molecule is Cc1cccc(-c2nc(N)nc3c2CN(C(=O)c2ccc(C)nc2)C3C)c1. The molecule has 1 amide bonds. The molecule has 0 saturated carbocycles. The molecule has 6 heteroatoms. The summed E-state index contributed by atoms with van der Waals surface area (Å²) in [5, 5.41) is 0. The molecule has 6 nitrogen and oxygen atoms in total. The van der Waals surface area contributed by atoms with E-state index >= 15 is 0 Å². The fourth-order valence-corrected chi connectivity index (χ4v) is 3.51. The number of hydrogen-bond acceptors (Lipinski definition) is 5. The molecule has 0 aliphatic carbocycles. The van der Waals surface area contributed by atoms with Crippen molar-refractivity contribution < 1.29 is 4.79 Å². The van der Waals surface area contributed by atoms with E-state index in [9.17, 15) is 4.79 Å². The van der Waals surface area contributed by atoms with Crippen LogP contribution < -0.4 is 5.73 Å². The van der Waals surface area contributed by atoms with Gasteiger partial charge in [-0.15, -0.1) is 0 Å². The van der Waals surface area contributed by atoms with Gasteiger partial charge in [0.1, 0.15) is 0 Å². The highest BCUT2D eigenvalue weighted by atomic mass is 16.2. The van der Waals surface area contributed by atoms with Crippen molar-refractivity contribution in [3.05, 3.63) is 70.7 Å². The highest BCUT2D eigenvalue weighted by Gasteiger charge is 2.35. The lowest BCUT2D eigenvalue weighted by Gasteiger charge is -2.21. The number of aryl methyl sites for hydroxylation is 2. The smallest absolute Gasteiger partial charge is 0.256 e. The number of nitrogens with zero attached hydrogens (tertiary/aromatic N) is 4. The van der Waals surface area contributed by atoms with Crippen molar-refractivity contribution in [1.82, 2.24) is 19.9 Å².